The molecule has 1 aliphatic heterocycles. The van der Waals surface area contributed by atoms with Gasteiger partial charge in [-0.05, 0) is 73.2 Å². The Balaban J connectivity index is 1.44. The van der Waals surface area contributed by atoms with E-state index in [2.05, 4.69) is 27.2 Å². The van der Waals surface area contributed by atoms with Gasteiger partial charge in [-0.3, -0.25) is 4.90 Å². The molecule has 8 heteroatoms. The molecule has 2 aromatic carbocycles. The van der Waals surface area contributed by atoms with Gasteiger partial charge in [0.2, 0.25) is 12.3 Å². The fourth-order valence-corrected chi connectivity index (χ4v) is 5.84. The lowest BCUT2D eigenvalue weighted by Gasteiger charge is -2.50. The molecular formula is C29H27ClF2N4O. The highest BCUT2D eigenvalue weighted by Gasteiger charge is 2.45. The first-order valence-electron chi connectivity index (χ1n) is 12.2. The van der Waals surface area contributed by atoms with Crippen LogP contribution in [0.5, 0.6) is 0 Å². The predicted octanol–water partition coefficient (Wildman–Crippen LogP) is 7.06. The second kappa shape index (κ2) is 10.2. The van der Waals surface area contributed by atoms with Gasteiger partial charge in [0.05, 0.1) is 18.0 Å². The van der Waals surface area contributed by atoms with E-state index in [0.29, 0.717) is 35.7 Å². The van der Waals surface area contributed by atoms with Gasteiger partial charge < -0.3 is 4.42 Å². The van der Waals surface area contributed by atoms with Crippen LogP contribution in [0.4, 0.5) is 8.78 Å². The Hall–Kier alpha value is -3.34. The number of hydrogen-bond donors (Lipinski definition) is 0. The zero-order chi connectivity index (χ0) is 26.2. The molecular weight excluding hydrogens is 494 g/mol. The number of benzene rings is 2. The number of nitrogens with zero attached hydrogens (tertiary/aromatic N) is 4. The van der Waals surface area contributed by atoms with Gasteiger partial charge in [0, 0.05) is 29.6 Å². The first kappa shape index (κ1) is 25.3. The summed E-state index contributed by atoms with van der Waals surface area (Å²) in [5, 5.41) is 17.7. The molecule has 0 spiro atoms. The molecule has 3 unspecified atom stereocenters. The van der Waals surface area contributed by atoms with E-state index in [1.165, 1.54) is 18.5 Å². The van der Waals surface area contributed by atoms with Gasteiger partial charge in [-0.2, -0.15) is 5.26 Å². The maximum Gasteiger partial charge on any atom is 0.247 e. The molecule has 1 aromatic heterocycles. The van der Waals surface area contributed by atoms with Crippen molar-refractivity contribution < 1.29 is 13.2 Å². The Morgan fingerprint density at radius 1 is 1.16 bits per heavy atom. The van der Waals surface area contributed by atoms with Gasteiger partial charge >= 0.3 is 0 Å². The fourth-order valence-electron chi connectivity index (χ4n) is 5.71. The molecule has 0 amide bonds. The van der Waals surface area contributed by atoms with Crippen LogP contribution < -0.4 is 0 Å². The van der Waals surface area contributed by atoms with Gasteiger partial charge in [0.1, 0.15) is 11.5 Å². The lowest BCUT2D eigenvalue weighted by Crippen LogP contribution is -2.54. The van der Waals surface area contributed by atoms with E-state index in [0.717, 1.165) is 11.1 Å². The SMILES string of the molecule is CC(C)(F)C(c1cc(F)cc(-c2nnco2)c1)C1CN(C(C2=CC=CC(C#N)C2)c2ccc(Cl)cc2)C1. The summed E-state index contributed by atoms with van der Waals surface area (Å²) in [6.07, 6.45) is 7.74. The van der Waals surface area contributed by atoms with E-state index in [1.807, 2.05) is 36.4 Å². The van der Waals surface area contributed by atoms with Crippen LogP contribution in [0.25, 0.3) is 11.5 Å². The number of rotatable bonds is 7. The molecule has 0 saturated carbocycles. The quantitative estimate of drug-likeness (QED) is 0.333. The number of nitriles is 1. The molecule has 0 N–H and O–H groups in total. The van der Waals surface area contributed by atoms with E-state index in [9.17, 15) is 9.65 Å². The molecule has 3 atom stereocenters. The van der Waals surface area contributed by atoms with Crippen LogP contribution >= 0.6 is 11.6 Å². The molecule has 1 saturated heterocycles. The number of halogens is 3. The van der Waals surface area contributed by atoms with Crippen molar-refractivity contribution in [3.63, 3.8) is 0 Å². The van der Waals surface area contributed by atoms with E-state index in [1.54, 1.807) is 19.9 Å². The van der Waals surface area contributed by atoms with Crippen molar-refractivity contribution in [3.8, 4) is 17.5 Å². The normalized spacial score (nSPS) is 20.1. The highest BCUT2D eigenvalue weighted by molar-refractivity contribution is 6.30. The summed E-state index contributed by atoms with van der Waals surface area (Å²) < 4.78 is 35.6. The van der Waals surface area contributed by atoms with Crippen LogP contribution in [-0.4, -0.2) is 33.9 Å². The minimum Gasteiger partial charge on any atom is -0.423 e. The van der Waals surface area contributed by atoms with Crippen LogP contribution in [-0.2, 0) is 0 Å². The molecule has 1 fully saturated rings. The summed E-state index contributed by atoms with van der Waals surface area (Å²) in [6.45, 7) is 4.33. The second-order valence-corrected chi connectivity index (χ2v) is 10.7. The summed E-state index contributed by atoms with van der Waals surface area (Å²) in [4.78, 5) is 2.30. The first-order chi connectivity index (χ1) is 17.7. The highest BCUT2D eigenvalue weighted by atomic mass is 35.5. The maximum absolute atomic E-state index is 15.7. The average molecular weight is 521 g/mol. The summed E-state index contributed by atoms with van der Waals surface area (Å²) in [7, 11) is 0. The largest absolute Gasteiger partial charge is 0.423 e. The summed E-state index contributed by atoms with van der Waals surface area (Å²) in [5.74, 6) is -1.05. The minimum atomic E-state index is -1.59. The standard InChI is InChI=1S/C29H27ClF2N4O/c1-29(2,32)26(21-11-22(13-25(31)12-21)28-35-34-17-37-28)23-15-36(16-23)27(19-6-8-24(30)9-7-19)20-5-3-4-18(10-20)14-33/h3-9,11-13,17-18,23,26-27H,10,15-16H2,1-2H3. The molecule has 5 rings (SSSR count). The molecule has 2 heterocycles. The van der Waals surface area contributed by atoms with Crippen molar-refractivity contribution in [2.45, 2.75) is 37.9 Å². The Kier molecular flexibility index (Phi) is 6.98. The van der Waals surface area contributed by atoms with E-state index < -0.39 is 17.4 Å². The van der Waals surface area contributed by atoms with Crippen molar-refractivity contribution in [1.82, 2.24) is 15.1 Å². The monoisotopic (exact) mass is 520 g/mol. The lowest BCUT2D eigenvalue weighted by molar-refractivity contribution is 0.00630. The number of alkyl halides is 1. The third-order valence-electron chi connectivity index (χ3n) is 7.21. The van der Waals surface area contributed by atoms with Crippen LogP contribution in [0.2, 0.25) is 5.02 Å². The number of likely N-dealkylation sites (tertiary alicyclic amines) is 1. The summed E-state index contributed by atoms with van der Waals surface area (Å²) in [5.41, 5.74) is 1.61. The Morgan fingerprint density at radius 3 is 2.57 bits per heavy atom. The second-order valence-electron chi connectivity index (χ2n) is 10.3. The van der Waals surface area contributed by atoms with Crippen LogP contribution in [0.1, 0.15) is 43.4 Å². The van der Waals surface area contributed by atoms with Crippen LogP contribution in [0.3, 0.4) is 0 Å². The van der Waals surface area contributed by atoms with Crippen molar-refractivity contribution in [1.29, 1.82) is 5.26 Å². The van der Waals surface area contributed by atoms with Crippen LogP contribution in [0.15, 0.2) is 77.1 Å². The number of allylic oxidation sites excluding steroid dienone is 3. The zero-order valence-corrected chi connectivity index (χ0v) is 21.4. The lowest BCUT2D eigenvalue weighted by atomic mass is 9.71. The van der Waals surface area contributed by atoms with Crippen molar-refractivity contribution in [2.24, 2.45) is 11.8 Å². The van der Waals surface area contributed by atoms with Crippen LogP contribution in [0, 0.1) is 29.0 Å². The highest BCUT2D eigenvalue weighted by Crippen LogP contribution is 2.47. The van der Waals surface area contributed by atoms with Gasteiger partial charge in [0.15, 0.2) is 0 Å². The van der Waals surface area contributed by atoms with Gasteiger partial charge in [0.25, 0.3) is 0 Å². The van der Waals surface area contributed by atoms with E-state index in [-0.39, 0.29) is 23.8 Å². The third kappa shape index (κ3) is 5.36. The Labute approximate surface area is 220 Å². The summed E-state index contributed by atoms with van der Waals surface area (Å²) >= 11 is 6.15. The molecule has 37 heavy (non-hydrogen) atoms. The Morgan fingerprint density at radius 2 is 1.92 bits per heavy atom. The van der Waals surface area contributed by atoms with Crippen molar-refractivity contribution in [2.75, 3.05) is 13.1 Å². The Bertz CT molecular complexity index is 1350. The van der Waals surface area contributed by atoms with Crippen molar-refractivity contribution in [3.05, 3.63) is 94.6 Å². The smallest absolute Gasteiger partial charge is 0.247 e. The summed E-state index contributed by atoms with van der Waals surface area (Å²) in [6, 6.07) is 14.5. The van der Waals surface area contributed by atoms with Crippen molar-refractivity contribution >= 4 is 11.6 Å². The predicted molar refractivity (Wildman–Crippen MR) is 138 cm³/mol. The van der Waals surface area contributed by atoms with Gasteiger partial charge in [-0.25, -0.2) is 8.78 Å². The topological polar surface area (TPSA) is 66.0 Å². The molecule has 1 aliphatic carbocycles. The van der Waals surface area contributed by atoms with E-state index in [4.69, 9.17) is 16.0 Å². The van der Waals surface area contributed by atoms with E-state index >= 15 is 4.39 Å². The van der Waals surface area contributed by atoms with Gasteiger partial charge in [-0.1, -0.05) is 42.0 Å². The molecule has 2 aliphatic rings. The zero-order valence-electron chi connectivity index (χ0n) is 20.6. The fraction of sp³-hybridized carbons (Fsp3) is 0.345. The molecule has 190 valence electrons. The minimum absolute atomic E-state index is 0.0429. The molecule has 0 bridgehead atoms. The molecule has 5 nitrogen and oxygen atoms in total. The average Bonchev–Trinajstić information content (AvgIpc) is 3.38. The maximum atomic E-state index is 15.7. The number of aromatic nitrogens is 2. The van der Waals surface area contributed by atoms with Gasteiger partial charge in [-0.15, -0.1) is 10.2 Å². The first-order valence-corrected chi connectivity index (χ1v) is 12.6. The third-order valence-corrected chi connectivity index (χ3v) is 7.46. The molecule has 0 radical (unpaired) electrons. The number of hydrogen-bond acceptors (Lipinski definition) is 5. The molecule has 3 aromatic rings.